The first-order valence-corrected chi connectivity index (χ1v) is 8.53. The minimum absolute atomic E-state index is 0.216. The highest BCUT2D eigenvalue weighted by Gasteiger charge is 2.36. The van der Waals surface area contributed by atoms with Crippen LogP contribution in [0.2, 0.25) is 0 Å². The van der Waals surface area contributed by atoms with Gasteiger partial charge in [0, 0.05) is 23.4 Å². The lowest BCUT2D eigenvalue weighted by Crippen LogP contribution is -2.22. The highest BCUT2D eigenvalue weighted by Crippen LogP contribution is 2.46. The topological polar surface area (TPSA) is 103 Å². The van der Waals surface area contributed by atoms with Crippen molar-refractivity contribution in [3.63, 3.8) is 0 Å². The van der Waals surface area contributed by atoms with Crippen LogP contribution in [0.4, 0.5) is 5.82 Å². The Balaban J connectivity index is 1.75. The molecule has 0 amide bonds. The van der Waals surface area contributed by atoms with Crippen LogP contribution >= 0.6 is 0 Å². The zero-order valence-corrected chi connectivity index (χ0v) is 13.5. The fraction of sp³-hybridized carbons (Fsp3) is 0.333. The second-order valence-electron chi connectivity index (χ2n) is 6.65. The molecule has 0 saturated heterocycles. The lowest BCUT2D eigenvalue weighted by atomic mass is 9.80. The number of nitrogens with zero attached hydrogens (tertiary/aromatic N) is 4. The maximum atomic E-state index is 10.0. The average Bonchev–Trinajstić information content (AvgIpc) is 3.40. The van der Waals surface area contributed by atoms with Gasteiger partial charge in [-0.1, -0.05) is 25.0 Å². The van der Waals surface area contributed by atoms with E-state index in [0.29, 0.717) is 17.0 Å². The second-order valence-corrected chi connectivity index (χ2v) is 6.65. The van der Waals surface area contributed by atoms with E-state index in [1.807, 2.05) is 24.4 Å². The Morgan fingerprint density at radius 1 is 1.16 bits per heavy atom. The van der Waals surface area contributed by atoms with Crippen molar-refractivity contribution in [3.8, 4) is 6.07 Å². The molecule has 25 heavy (non-hydrogen) atoms. The molecular weight excluding hydrogens is 316 g/mol. The molecule has 0 spiro atoms. The predicted molar refractivity (Wildman–Crippen MR) is 90.5 cm³/mol. The van der Waals surface area contributed by atoms with Crippen molar-refractivity contribution in [1.82, 2.24) is 20.5 Å². The third-order valence-corrected chi connectivity index (χ3v) is 5.32. The molecule has 1 aromatic carbocycles. The summed E-state index contributed by atoms with van der Waals surface area (Å²) in [6.07, 6.45) is 6.47. The molecule has 2 N–H and O–H groups in total. The van der Waals surface area contributed by atoms with Gasteiger partial charge in [0.1, 0.15) is 11.0 Å². The summed E-state index contributed by atoms with van der Waals surface area (Å²) in [5.41, 5.74) is 5.03. The highest BCUT2D eigenvalue weighted by atomic mass is 16.6. The summed E-state index contributed by atoms with van der Waals surface area (Å²) < 4.78 is 4.92. The summed E-state index contributed by atoms with van der Waals surface area (Å²) in [4.78, 5) is 0. The third-order valence-electron chi connectivity index (χ3n) is 5.32. The van der Waals surface area contributed by atoms with Gasteiger partial charge in [0.15, 0.2) is 5.82 Å². The van der Waals surface area contributed by atoms with E-state index in [4.69, 9.17) is 4.63 Å². The maximum Gasteiger partial charge on any atom is 0.156 e. The normalized spacial score (nSPS) is 20.5. The summed E-state index contributed by atoms with van der Waals surface area (Å²) in [7, 11) is 0. The van der Waals surface area contributed by atoms with Crippen molar-refractivity contribution >= 4 is 16.9 Å². The third kappa shape index (κ3) is 2.07. The molecule has 3 heterocycles. The number of nitrogens with one attached hydrogen (secondary N) is 2. The predicted octanol–water partition coefficient (Wildman–Crippen LogP) is 3.47. The summed E-state index contributed by atoms with van der Waals surface area (Å²) in [6.45, 7) is 0. The Labute approximate surface area is 143 Å². The number of rotatable bonds is 2. The molecule has 7 nitrogen and oxygen atoms in total. The van der Waals surface area contributed by atoms with Gasteiger partial charge < -0.3 is 5.32 Å². The molecule has 2 aromatic heterocycles. The van der Waals surface area contributed by atoms with Crippen LogP contribution in [0.1, 0.15) is 42.7 Å². The zero-order chi connectivity index (χ0) is 16.8. The molecule has 0 bridgehead atoms. The lowest BCUT2D eigenvalue weighted by Gasteiger charge is -2.28. The van der Waals surface area contributed by atoms with Crippen molar-refractivity contribution in [3.05, 3.63) is 46.8 Å². The van der Waals surface area contributed by atoms with Crippen LogP contribution in [0.15, 0.2) is 40.3 Å². The quantitative estimate of drug-likeness (QED) is 0.744. The van der Waals surface area contributed by atoms with Crippen molar-refractivity contribution in [2.75, 3.05) is 5.32 Å². The molecule has 1 unspecified atom stereocenters. The van der Waals surface area contributed by atoms with Crippen molar-refractivity contribution in [2.45, 2.75) is 31.6 Å². The minimum atomic E-state index is -0.216. The summed E-state index contributed by atoms with van der Waals surface area (Å²) in [5.74, 6) is 0.960. The number of hydrogen-bond donors (Lipinski definition) is 2. The van der Waals surface area contributed by atoms with Crippen LogP contribution in [0.25, 0.3) is 11.0 Å². The molecule has 1 aliphatic carbocycles. The second kappa shape index (κ2) is 5.45. The SMILES string of the molecule is N#CC1=C(C2CCCC2)Nc2n[nH]cc2C1c1cccc2nonc12. The van der Waals surface area contributed by atoms with Crippen LogP contribution in [0.5, 0.6) is 0 Å². The number of anilines is 1. The number of fused-ring (bicyclic) bond motifs is 2. The Bertz CT molecular complexity index is 1020. The van der Waals surface area contributed by atoms with E-state index < -0.39 is 0 Å². The van der Waals surface area contributed by atoms with E-state index in [2.05, 4.69) is 31.9 Å². The minimum Gasteiger partial charge on any atom is -0.341 e. The van der Waals surface area contributed by atoms with Crippen molar-refractivity contribution in [2.24, 2.45) is 5.92 Å². The van der Waals surface area contributed by atoms with Gasteiger partial charge in [-0.2, -0.15) is 10.4 Å². The number of nitriles is 1. The van der Waals surface area contributed by atoms with Gasteiger partial charge in [-0.3, -0.25) is 5.10 Å². The fourth-order valence-electron chi connectivity index (χ4n) is 4.17. The Hall–Kier alpha value is -3.14. The van der Waals surface area contributed by atoms with Gasteiger partial charge in [-0.25, -0.2) is 4.63 Å². The van der Waals surface area contributed by atoms with Crippen molar-refractivity contribution < 1.29 is 4.63 Å². The van der Waals surface area contributed by atoms with E-state index >= 15 is 0 Å². The molecule has 5 rings (SSSR count). The zero-order valence-electron chi connectivity index (χ0n) is 13.5. The van der Waals surface area contributed by atoms with Gasteiger partial charge in [0.25, 0.3) is 0 Å². The molecule has 0 radical (unpaired) electrons. The number of hydrogen-bond acceptors (Lipinski definition) is 6. The highest BCUT2D eigenvalue weighted by molar-refractivity contribution is 5.80. The van der Waals surface area contributed by atoms with Crippen LogP contribution < -0.4 is 5.32 Å². The molecule has 7 heteroatoms. The Morgan fingerprint density at radius 3 is 2.88 bits per heavy atom. The van der Waals surface area contributed by atoms with Crippen LogP contribution in [0, 0.1) is 17.2 Å². The molecule has 1 atom stereocenters. The van der Waals surface area contributed by atoms with Gasteiger partial charge in [0.05, 0.1) is 17.6 Å². The number of H-pyrrole nitrogens is 1. The molecular formula is C18H16N6O. The first kappa shape index (κ1) is 14.2. The first-order chi connectivity index (χ1) is 12.4. The molecule has 124 valence electrons. The van der Waals surface area contributed by atoms with Gasteiger partial charge >= 0.3 is 0 Å². The number of allylic oxidation sites excluding steroid dienone is 2. The molecule has 3 aromatic rings. The summed E-state index contributed by atoms with van der Waals surface area (Å²) in [5, 5.41) is 28.7. The van der Waals surface area contributed by atoms with Crippen LogP contribution in [-0.2, 0) is 0 Å². The van der Waals surface area contributed by atoms with Gasteiger partial charge in [-0.15, -0.1) is 0 Å². The number of benzene rings is 1. The molecule has 1 saturated carbocycles. The van der Waals surface area contributed by atoms with Crippen LogP contribution in [-0.4, -0.2) is 20.5 Å². The molecule has 1 fully saturated rings. The average molecular weight is 332 g/mol. The van der Waals surface area contributed by atoms with Crippen molar-refractivity contribution in [1.29, 1.82) is 5.26 Å². The molecule has 1 aliphatic heterocycles. The maximum absolute atomic E-state index is 10.0. The number of aromatic amines is 1. The van der Waals surface area contributed by atoms with Gasteiger partial charge in [-0.05, 0) is 34.8 Å². The number of aromatic nitrogens is 4. The largest absolute Gasteiger partial charge is 0.341 e. The monoisotopic (exact) mass is 332 g/mol. The standard InChI is InChI=1S/C18H16N6O/c19-8-12-15(11-6-3-7-14-17(11)24-25-23-14)13-9-20-22-18(13)21-16(12)10-4-1-2-5-10/h3,6-7,9-10,15H,1-2,4-5H2,(H2,20,21,22). The summed E-state index contributed by atoms with van der Waals surface area (Å²) in [6, 6.07) is 8.24. The van der Waals surface area contributed by atoms with E-state index in [1.54, 1.807) is 0 Å². The Kier molecular flexibility index (Phi) is 3.10. The van der Waals surface area contributed by atoms with Gasteiger partial charge in [0.2, 0.25) is 0 Å². The molecule has 2 aliphatic rings. The van der Waals surface area contributed by atoms with E-state index in [-0.39, 0.29) is 5.92 Å². The van der Waals surface area contributed by atoms with E-state index in [0.717, 1.165) is 41.1 Å². The van der Waals surface area contributed by atoms with E-state index in [9.17, 15) is 5.26 Å². The summed E-state index contributed by atoms with van der Waals surface area (Å²) >= 11 is 0. The first-order valence-electron chi connectivity index (χ1n) is 8.53. The van der Waals surface area contributed by atoms with Crippen LogP contribution in [0.3, 0.4) is 0 Å². The van der Waals surface area contributed by atoms with E-state index in [1.165, 1.54) is 12.8 Å². The smallest absolute Gasteiger partial charge is 0.156 e. The lowest BCUT2D eigenvalue weighted by molar-refractivity contribution is 0.315. The Morgan fingerprint density at radius 2 is 2.04 bits per heavy atom. The fourth-order valence-corrected chi connectivity index (χ4v) is 4.17.